The van der Waals surface area contributed by atoms with E-state index in [-0.39, 0.29) is 0 Å². The van der Waals surface area contributed by atoms with E-state index < -0.39 is 0 Å². The quantitative estimate of drug-likeness (QED) is 0.594. The van der Waals surface area contributed by atoms with Crippen molar-refractivity contribution in [2.24, 2.45) is 0 Å². The Labute approximate surface area is 69.5 Å². The van der Waals surface area contributed by atoms with E-state index in [0.29, 0.717) is 6.04 Å². The molecule has 11 heavy (non-hydrogen) atoms. The van der Waals surface area contributed by atoms with Crippen LogP contribution in [0, 0.1) is 0 Å². The highest BCUT2D eigenvalue weighted by atomic mass is 14.8. The largest absolute Gasteiger partial charge is 0.317 e. The Morgan fingerprint density at radius 3 is 2.64 bits per heavy atom. The summed E-state index contributed by atoms with van der Waals surface area (Å²) in [5, 5.41) is 3.16. The second-order valence-electron chi connectivity index (χ2n) is 2.47. The highest BCUT2D eigenvalue weighted by Crippen LogP contribution is 1.91. The van der Waals surface area contributed by atoms with Gasteiger partial charge in [0.2, 0.25) is 0 Å². The van der Waals surface area contributed by atoms with Crippen LogP contribution in [0.5, 0.6) is 0 Å². The third-order valence-electron chi connectivity index (χ3n) is 1.48. The van der Waals surface area contributed by atoms with Crippen molar-refractivity contribution < 1.29 is 0 Å². The molecule has 62 valence electrons. The monoisotopic (exact) mass is 151 g/mol. The molecule has 0 radical (unpaired) electrons. The molecule has 0 heterocycles. The van der Waals surface area contributed by atoms with Gasteiger partial charge in [-0.25, -0.2) is 0 Å². The molecule has 0 aromatic heterocycles. The molecule has 1 N–H and O–H groups in total. The van der Waals surface area contributed by atoms with Gasteiger partial charge in [0.15, 0.2) is 0 Å². The zero-order valence-corrected chi connectivity index (χ0v) is 7.38. The first kappa shape index (κ1) is 10.2. The first-order chi connectivity index (χ1) is 5.31. The molecule has 0 fully saturated rings. The SMILES string of the molecule is C=C/C=C\C=C/C[C@@H](C)NC. The zero-order valence-electron chi connectivity index (χ0n) is 7.38. The summed E-state index contributed by atoms with van der Waals surface area (Å²) in [5.74, 6) is 0. The number of nitrogens with one attached hydrogen (secondary N) is 1. The fourth-order valence-corrected chi connectivity index (χ4v) is 0.622. The van der Waals surface area contributed by atoms with E-state index in [1.165, 1.54) is 0 Å². The Morgan fingerprint density at radius 2 is 2.09 bits per heavy atom. The molecule has 0 aromatic rings. The van der Waals surface area contributed by atoms with Crippen LogP contribution in [0.15, 0.2) is 37.0 Å². The lowest BCUT2D eigenvalue weighted by Gasteiger charge is -2.03. The molecule has 0 aromatic carbocycles. The van der Waals surface area contributed by atoms with Crippen molar-refractivity contribution in [1.29, 1.82) is 0 Å². The van der Waals surface area contributed by atoms with Crippen LogP contribution in [0.4, 0.5) is 0 Å². The van der Waals surface area contributed by atoms with Gasteiger partial charge in [-0.3, -0.25) is 0 Å². The Hall–Kier alpha value is -0.820. The molecule has 1 atom stereocenters. The molecule has 0 saturated carbocycles. The second-order valence-corrected chi connectivity index (χ2v) is 2.47. The summed E-state index contributed by atoms with van der Waals surface area (Å²) in [6.07, 6.45) is 10.9. The summed E-state index contributed by atoms with van der Waals surface area (Å²) in [6.45, 7) is 5.73. The zero-order chi connectivity index (χ0) is 8.53. The lowest BCUT2D eigenvalue weighted by Crippen LogP contribution is -2.19. The molecule has 0 spiro atoms. The third-order valence-corrected chi connectivity index (χ3v) is 1.48. The van der Waals surface area contributed by atoms with Crippen molar-refractivity contribution in [3.05, 3.63) is 37.0 Å². The Bertz CT molecular complexity index is 145. The van der Waals surface area contributed by atoms with Crippen molar-refractivity contribution >= 4 is 0 Å². The first-order valence-electron chi connectivity index (χ1n) is 3.92. The van der Waals surface area contributed by atoms with Crippen LogP contribution in [0.1, 0.15) is 13.3 Å². The highest BCUT2D eigenvalue weighted by Gasteiger charge is 1.90. The lowest BCUT2D eigenvalue weighted by molar-refractivity contribution is 0.620. The van der Waals surface area contributed by atoms with Gasteiger partial charge in [-0.2, -0.15) is 0 Å². The van der Waals surface area contributed by atoms with Crippen molar-refractivity contribution in [2.45, 2.75) is 19.4 Å². The van der Waals surface area contributed by atoms with E-state index in [2.05, 4.69) is 24.9 Å². The van der Waals surface area contributed by atoms with Gasteiger partial charge in [0.05, 0.1) is 0 Å². The van der Waals surface area contributed by atoms with Gasteiger partial charge >= 0.3 is 0 Å². The van der Waals surface area contributed by atoms with Gasteiger partial charge in [0.25, 0.3) is 0 Å². The van der Waals surface area contributed by atoms with E-state index >= 15 is 0 Å². The summed E-state index contributed by atoms with van der Waals surface area (Å²) in [6, 6.07) is 0.559. The molecule has 0 rings (SSSR count). The van der Waals surface area contributed by atoms with Crippen LogP contribution in [-0.2, 0) is 0 Å². The fraction of sp³-hybridized carbons (Fsp3) is 0.400. The Kier molecular flexibility index (Phi) is 6.75. The summed E-state index contributed by atoms with van der Waals surface area (Å²) < 4.78 is 0. The molecule has 1 nitrogen and oxygen atoms in total. The molecule has 0 bridgehead atoms. The highest BCUT2D eigenvalue weighted by molar-refractivity contribution is 5.08. The van der Waals surface area contributed by atoms with E-state index in [9.17, 15) is 0 Å². The minimum atomic E-state index is 0.559. The van der Waals surface area contributed by atoms with Crippen LogP contribution in [-0.4, -0.2) is 13.1 Å². The number of allylic oxidation sites excluding steroid dienone is 4. The predicted molar refractivity (Wildman–Crippen MR) is 51.6 cm³/mol. The van der Waals surface area contributed by atoms with Crippen LogP contribution in [0.3, 0.4) is 0 Å². The van der Waals surface area contributed by atoms with Crippen LogP contribution >= 0.6 is 0 Å². The number of hydrogen-bond donors (Lipinski definition) is 1. The van der Waals surface area contributed by atoms with Crippen LogP contribution in [0.2, 0.25) is 0 Å². The van der Waals surface area contributed by atoms with E-state index in [0.717, 1.165) is 6.42 Å². The van der Waals surface area contributed by atoms with Gasteiger partial charge in [-0.15, -0.1) is 0 Å². The Morgan fingerprint density at radius 1 is 1.36 bits per heavy atom. The van der Waals surface area contributed by atoms with Crippen LogP contribution in [0.25, 0.3) is 0 Å². The minimum Gasteiger partial charge on any atom is -0.317 e. The smallest absolute Gasteiger partial charge is 0.00703 e. The molecule has 0 unspecified atom stereocenters. The average molecular weight is 151 g/mol. The molecule has 0 aliphatic rings. The maximum Gasteiger partial charge on any atom is 0.00703 e. The molecular formula is C10H17N. The Balaban J connectivity index is 3.43. The van der Waals surface area contributed by atoms with Gasteiger partial charge in [0.1, 0.15) is 0 Å². The predicted octanol–water partition coefficient (Wildman–Crippen LogP) is 2.28. The van der Waals surface area contributed by atoms with E-state index in [4.69, 9.17) is 0 Å². The number of hydrogen-bond acceptors (Lipinski definition) is 1. The topological polar surface area (TPSA) is 12.0 Å². The summed E-state index contributed by atoms with van der Waals surface area (Å²) in [4.78, 5) is 0. The third kappa shape index (κ3) is 7.07. The average Bonchev–Trinajstić information content (AvgIpc) is 2.04. The van der Waals surface area contributed by atoms with Crippen molar-refractivity contribution in [1.82, 2.24) is 5.32 Å². The molecule has 0 aliphatic carbocycles. The number of rotatable bonds is 5. The van der Waals surface area contributed by atoms with Crippen molar-refractivity contribution in [3.8, 4) is 0 Å². The van der Waals surface area contributed by atoms with Gasteiger partial charge in [0, 0.05) is 6.04 Å². The van der Waals surface area contributed by atoms with Gasteiger partial charge in [-0.05, 0) is 20.4 Å². The fourth-order valence-electron chi connectivity index (χ4n) is 0.622. The van der Waals surface area contributed by atoms with Gasteiger partial charge in [-0.1, -0.05) is 37.0 Å². The minimum absolute atomic E-state index is 0.559. The first-order valence-corrected chi connectivity index (χ1v) is 3.92. The lowest BCUT2D eigenvalue weighted by atomic mass is 10.2. The van der Waals surface area contributed by atoms with Gasteiger partial charge < -0.3 is 5.32 Å². The van der Waals surface area contributed by atoms with Crippen molar-refractivity contribution in [2.75, 3.05) is 7.05 Å². The maximum absolute atomic E-state index is 3.58. The summed E-state index contributed by atoms with van der Waals surface area (Å²) >= 11 is 0. The molecular weight excluding hydrogens is 134 g/mol. The molecule has 0 amide bonds. The maximum atomic E-state index is 3.58. The summed E-state index contributed by atoms with van der Waals surface area (Å²) in [5.41, 5.74) is 0. The molecule has 0 aliphatic heterocycles. The molecule has 0 saturated heterocycles. The van der Waals surface area contributed by atoms with E-state index in [1.807, 2.05) is 25.3 Å². The second kappa shape index (κ2) is 7.29. The molecule has 1 heteroatoms. The van der Waals surface area contributed by atoms with Crippen LogP contribution < -0.4 is 5.32 Å². The van der Waals surface area contributed by atoms with Crippen molar-refractivity contribution in [3.63, 3.8) is 0 Å². The summed E-state index contributed by atoms with van der Waals surface area (Å²) in [7, 11) is 1.97. The standard InChI is InChI=1S/C10H17N/c1-4-5-6-7-8-9-10(2)11-3/h4-8,10-11H,1,9H2,2-3H3/b6-5-,8-7-/t10-/m1/s1. The van der Waals surface area contributed by atoms with E-state index in [1.54, 1.807) is 6.08 Å². The normalized spacial score (nSPS) is 14.4.